The van der Waals surface area contributed by atoms with Crippen molar-refractivity contribution in [2.24, 2.45) is 0 Å². The summed E-state index contributed by atoms with van der Waals surface area (Å²) < 4.78 is 5.08. The van der Waals surface area contributed by atoms with Crippen LogP contribution in [-0.2, 0) is 4.74 Å². The summed E-state index contributed by atoms with van der Waals surface area (Å²) in [6.07, 6.45) is 2.36. The van der Waals surface area contributed by atoms with Crippen LogP contribution >= 0.6 is 15.9 Å². The Bertz CT molecular complexity index is 111. The fraction of sp³-hybridized carbons (Fsp3) is 1.00. The maximum atomic E-state index is 5.08. The van der Waals surface area contributed by atoms with Gasteiger partial charge < -0.3 is 9.64 Å². The number of rotatable bonds is 8. The minimum atomic E-state index is 0.643. The van der Waals surface area contributed by atoms with Gasteiger partial charge in [-0.3, -0.25) is 0 Å². The highest BCUT2D eigenvalue weighted by molar-refractivity contribution is 9.09. The molecule has 0 radical (unpaired) electrons. The van der Waals surface area contributed by atoms with Crippen LogP contribution in [-0.4, -0.2) is 43.1 Å². The Morgan fingerprint density at radius 3 is 2.62 bits per heavy atom. The highest BCUT2D eigenvalue weighted by Crippen LogP contribution is 2.05. The highest BCUT2D eigenvalue weighted by atomic mass is 79.9. The zero-order chi connectivity index (χ0) is 10.1. The van der Waals surface area contributed by atoms with E-state index in [0.717, 1.165) is 24.9 Å². The van der Waals surface area contributed by atoms with Gasteiger partial charge in [-0.25, -0.2) is 0 Å². The first-order valence-electron chi connectivity index (χ1n) is 5.05. The van der Waals surface area contributed by atoms with Gasteiger partial charge in [-0.1, -0.05) is 22.9 Å². The molecule has 3 heteroatoms. The summed E-state index contributed by atoms with van der Waals surface area (Å²) in [5, 5.41) is 1.10. The second-order valence-electron chi connectivity index (χ2n) is 3.30. The number of hydrogen-bond donors (Lipinski definition) is 0. The number of methoxy groups -OCH3 is 1. The Hall–Kier alpha value is 0.400. The fourth-order valence-corrected chi connectivity index (χ4v) is 1.67. The molecular weight excluding hydrogens is 230 g/mol. The number of halogens is 1. The van der Waals surface area contributed by atoms with Crippen LogP contribution in [0.25, 0.3) is 0 Å². The third-order valence-electron chi connectivity index (χ3n) is 2.35. The van der Waals surface area contributed by atoms with Crippen molar-refractivity contribution in [3.8, 4) is 0 Å². The molecule has 0 N–H and O–H groups in total. The summed E-state index contributed by atoms with van der Waals surface area (Å²) >= 11 is 3.46. The molecule has 0 aliphatic heterocycles. The van der Waals surface area contributed by atoms with Crippen molar-refractivity contribution in [2.75, 3.05) is 32.1 Å². The molecule has 0 fully saturated rings. The smallest absolute Gasteiger partial charge is 0.0477 e. The summed E-state index contributed by atoms with van der Waals surface area (Å²) in [4.78, 5) is 2.50. The number of alkyl halides is 1. The molecule has 2 nitrogen and oxygen atoms in total. The summed E-state index contributed by atoms with van der Waals surface area (Å²) in [7, 11) is 1.77. The van der Waals surface area contributed by atoms with E-state index in [1.54, 1.807) is 7.11 Å². The molecule has 0 heterocycles. The molecule has 0 aromatic rings. The van der Waals surface area contributed by atoms with E-state index in [2.05, 4.69) is 34.7 Å². The Morgan fingerprint density at radius 2 is 2.15 bits per heavy atom. The third-order valence-corrected chi connectivity index (χ3v) is 2.91. The summed E-state index contributed by atoms with van der Waals surface area (Å²) in [5.74, 6) is 0. The first-order valence-corrected chi connectivity index (χ1v) is 6.17. The molecule has 0 saturated heterocycles. The molecule has 0 aliphatic carbocycles. The minimum absolute atomic E-state index is 0.643. The monoisotopic (exact) mass is 251 g/mol. The fourth-order valence-electron chi connectivity index (χ4n) is 1.42. The zero-order valence-electron chi connectivity index (χ0n) is 9.05. The van der Waals surface area contributed by atoms with Crippen LogP contribution in [0.5, 0.6) is 0 Å². The summed E-state index contributed by atoms with van der Waals surface area (Å²) in [6.45, 7) is 7.69. The van der Waals surface area contributed by atoms with Crippen LogP contribution in [0.2, 0.25) is 0 Å². The lowest BCUT2D eigenvalue weighted by molar-refractivity contribution is 0.141. The number of hydrogen-bond acceptors (Lipinski definition) is 2. The molecule has 0 bridgehead atoms. The maximum absolute atomic E-state index is 5.08. The minimum Gasteiger partial charge on any atom is -0.385 e. The number of ether oxygens (including phenoxy) is 1. The van der Waals surface area contributed by atoms with Crippen LogP contribution < -0.4 is 0 Å². The van der Waals surface area contributed by atoms with Crippen molar-refractivity contribution in [1.82, 2.24) is 4.90 Å². The van der Waals surface area contributed by atoms with E-state index < -0.39 is 0 Å². The molecule has 0 aromatic heterocycles. The van der Waals surface area contributed by atoms with E-state index >= 15 is 0 Å². The first kappa shape index (κ1) is 13.4. The quantitative estimate of drug-likeness (QED) is 0.615. The Kier molecular flexibility index (Phi) is 9.25. The van der Waals surface area contributed by atoms with Crippen LogP contribution in [0, 0.1) is 0 Å². The normalized spacial score (nSPS) is 13.6. The molecular formula is C10H22BrNO. The van der Waals surface area contributed by atoms with Crippen molar-refractivity contribution in [1.29, 1.82) is 0 Å². The van der Waals surface area contributed by atoms with Gasteiger partial charge in [0.15, 0.2) is 0 Å². The second-order valence-corrected chi connectivity index (χ2v) is 4.09. The lowest BCUT2D eigenvalue weighted by Gasteiger charge is -2.27. The van der Waals surface area contributed by atoms with E-state index in [1.807, 2.05) is 0 Å². The predicted octanol–water partition coefficient (Wildman–Crippen LogP) is 2.52. The molecule has 1 atom stereocenters. The SMILES string of the molecule is CCN(CCCBr)C(C)CCOC. The summed E-state index contributed by atoms with van der Waals surface area (Å²) in [5.41, 5.74) is 0. The molecule has 0 spiro atoms. The van der Waals surface area contributed by atoms with Gasteiger partial charge in [0.05, 0.1) is 0 Å². The van der Waals surface area contributed by atoms with Gasteiger partial charge in [0, 0.05) is 25.1 Å². The van der Waals surface area contributed by atoms with E-state index in [-0.39, 0.29) is 0 Å². The topological polar surface area (TPSA) is 12.5 Å². The molecule has 0 aromatic carbocycles. The van der Waals surface area contributed by atoms with Crippen molar-refractivity contribution in [2.45, 2.75) is 32.7 Å². The van der Waals surface area contributed by atoms with Gasteiger partial charge >= 0.3 is 0 Å². The van der Waals surface area contributed by atoms with Gasteiger partial charge in [-0.05, 0) is 32.9 Å². The average molecular weight is 252 g/mol. The van der Waals surface area contributed by atoms with Gasteiger partial charge in [0.2, 0.25) is 0 Å². The van der Waals surface area contributed by atoms with E-state index in [0.29, 0.717) is 6.04 Å². The molecule has 0 rings (SSSR count). The summed E-state index contributed by atoms with van der Waals surface area (Å²) in [6, 6.07) is 0.643. The molecule has 1 unspecified atom stereocenters. The largest absolute Gasteiger partial charge is 0.385 e. The Labute approximate surface area is 90.8 Å². The van der Waals surface area contributed by atoms with Gasteiger partial charge in [-0.15, -0.1) is 0 Å². The van der Waals surface area contributed by atoms with Crippen molar-refractivity contribution < 1.29 is 4.74 Å². The molecule has 80 valence electrons. The zero-order valence-corrected chi connectivity index (χ0v) is 10.6. The molecule has 13 heavy (non-hydrogen) atoms. The van der Waals surface area contributed by atoms with E-state index in [4.69, 9.17) is 4.74 Å². The standard InChI is InChI=1S/C10H22BrNO/c1-4-12(8-5-7-11)10(2)6-9-13-3/h10H,4-9H2,1-3H3. The molecule has 0 aliphatic rings. The third kappa shape index (κ3) is 6.47. The van der Waals surface area contributed by atoms with Crippen molar-refractivity contribution in [3.05, 3.63) is 0 Å². The van der Waals surface area contributed by atoms with E-state index in [9.17, 15) is 0 Å². The predicted molar refractivity (Wildman–Crippen MR) is 61.6 cm³/mol. The van der Waals surface area contributed by atoms with Crippen LogP contribution in [0.4, 0.5) is 0 Å². The second kappa shape index (κ2) is 8.97. The molecule has 0 amide bonds. The van der Waals surface area contributed by atoms with E-state index in [1.165, 1.54) is 13.0 Å². The van der Waals surface area contributed by atoms with Crippen LogP contribution in [0.3, 0.4) is 0 Å². The Morgan fingerprint density at radius 1 is 1.46 bits per heavy atom. The van der Waals surface area contributed by atoms with Crippen molar-refractivity contribution >= 4 is 15.9 Å². The highest BCUT2D eigenvalue weighted by Gasteiger charge is 2.10. The lowest BCUT2D eigenvalue weighted by Crippen LogP contribution is -2.34. The first-order chi connectivity index (χ1) is 6.26. The van der Waals surface area contributed by atoms with Crippen molar-refractivity contribution in [3.63, 3.8) is 0 Å². The van der Waals surface area contributed by atoms with Gasteiger partial charge in [0.25, 0.3) is 0 Å². The Balaban J connectivity index is 3.63. The lowest BCUT2D eigenvalue weighted by atomic mass is 10.2. The van der Waals surface area contributed by atoms with Crippen LogP contribution in [0.1, 0.15) is 26.7 Å². The maximum Gasteiger partial charge on any atom is 0.0477 e. The van der Waals surface area contributed by atoms with Gasteiger partial charge in [0.1, 0.15) is 0 Å². The molecule has 0 saturated carbocycles. The average Bonchev–Trinajstić information content (AvgIpc) is 2.16. The number of nitrogens with zero attached hydrogens (tertiary/aromatic N) is 1. The van der Waals surface area contributed by atoms with Gasteiger partial charge in [-0.2, -0.15) is 0 Å². The van der Waals surface area contributed by atoms with Crippen LogP contribution in [0.15, 0.2) is 0 Å².